The van der Waals surface area contributed by atoms with Crippen molar-refractivity contribution in [3.8, 4) is 0 Å². The summed E-state index contributed by atoms with van der Waals surface area (Å²) in [6.45, 7) is 9.31. The largest absolute Gasteiger partial charge is 0.379 e. The average Bonchev–Trinajstić information content (AvgIpc) is 3.10. The van der Waals surface area contributed by atoms with E-state index >= 15 is 0 Å². The molecule has 0 spiro atoms. The molecule has 2 fully saturated rings. The predicted molar refractivity (Wildman–Crippen MR) is 87.6 cm³/mol. The Morgan fingerprint density at radius 2 is 2.09 bits per heavy atom. The smallest absolute Gasteiger partial charge is 0.258 e. The Kier molecular flexibility index (Phi) is 4.65. The summed E-state index contributed by atoms with van der Waals surface area (Å²) in [5.74, 6) is 0.602. The molecule has 0 saturated carbocycles. The number of carbonyl (C=O) groups is 1. The number of nitrogens with zero attached hydrogens (tertiary/aromatic N) is 3. The minimum atomic E-state index is 0.109. The molecule has 0 aliphatic carbocycles. The Morgan fingerprint density at radius 1 is 1.36 bits per heavy atom. The van der Waals surface area contributed by atoms with Gasteiger partial charge < -0.3 is 15.0 Å². The maximum absolute atomic E-state index is 12.9. The van der Waals surface area contributed by atoms with Gasteiger partial charge in [0.15, 0.2) is 0 Å². The lowest BCUT2D eigenvalue weighted by atomic mass is 10.0. The van der Waals surface area contributed by atoms with E-state index in [1.54, 1.807) is 0 Å². The molecule has 22 heavy (non-hydrogen) atoms. The van der Waals surface area contributed by atoms with E-state index in [1.165, 1.54) is 11.5 Å². The van der Waals surface area contributed by atoms with Gasteiger partial charge in [0.2, 0.25) is 0 Å². The number of hydrogen-bond donors (Lipinski definition) is 1. The first-order valence-corrected chi connectivity index (χ1v) is 8.64. The number of amides is 1. The number of rotatable bonds is 3. The van der Waals surface area contributed by atoms with E-state index in [9.17, 15) is 4.79 Å². The van der Waals surface area contributed by atoms with Crippen LogP contribution in [0.4, 0.5) is 5.00 Å². The second kappa shape index (κ2) is 6.52. The van der Waals surface area contributed by atoms with Crippen LogP contribution < -0.4 is 5.32 Å². The quantitative estimate of drug-likeness (QED) is 0.908. The van der Waals surface area contributed by atoms with E-state index in [1.807, 2.05) is 18.9 Å². The van der Waals surface area contributed by atoms with Crippen LogP contribution in [0.25, 0.3) is 0 Å². The lowest BCUT2D eigenvalue weighted by molar-refractivity contribution is 0.0119. The molecule has 7 heteroatoms. The van der Waals surface area contributed by atoms with Crippen molar-refractivity contribution in [2.24, 2.45) is 5.92 Å². The number of carbonyl (C=O) groups excluding carboxylic acids is 1. The predicted octanol–water partition coefficient (Wildman–Crippen LogP) is 1.29. The summed E-state index contributed by atoms with van der Waals surface area (Å²) in [5, 5.41) is 3.95. The Hall–Kier alpha value is -1.18. The lowest BCUT2D eigenvalue weighted by Gasteiger charge is -2.34. The van der Waals surface area contributed by atoms with Crippen LogP contribution in [0, 0.1) is 12.8 Å². The van der Waals surface area contributed by atoms with Crippen molar-refractivity contribution in [2.75, 3.05) is 51.8 Å². The molecule has 6 nitrogen and oxygen atoms in total. The minimum absolute atomic E-state index is 0.109. The van der Waals surface area contributed by atoms with Gasteiger partial charge in [-0.15, -0.1) is 0 Å². The number of morpholine rings is 1. The highest BCUT2D eigenvalue weighted by molar-refractivity contribution is 7.10. The van der Waals surface area contributed by atoms with E-state index in [2.05, 4.69) is 21.5 Å². The molecule has 3 rings (SSSR count). The number of aryl methyl sites for hydroxylation is 1. The Labute approximate surface area is 135 Å². The highest BCUT2D eigenvalue weighted by atomic mass is 32.1. The van der Waals surface area contributed by atoms with Crippen LogP contribution in [-0.4, -0.2) is 72.6 Å². The molecule has 0 bridgehead atoms. The summed E-state index contributed by atoms with van der Waals surface area (Å²) in [4.78, 5) is 17.4. The summed E-state index contributed by atoms with van der Waals surface area (Å²) in [5.41, 5.74) is 1.56. The molecular weight excluding hydrogens is 300 g/mol. The molecule has 122 valence electrons. The Morgan fingerprint density at radius 3 is 2.77 bits per heavy atom. The zero-order valence-corrected chi connectivity index (χ0v) is 14.3. The van der Waals surface area contributed by atoms with Crippen molar-refractivity contribution in [3.63, 3.8) is 0 Å². The van der Waals surface area contributed by atoms with Crippen LogP contribution >= 0.6 is 11.5 Å². The number of hydrogen-bond acceptors (Lipinski definition) is 6. The number of aromatic nitrogens is 1. The molecule has 1 N–H and O–H groups in total. The molecule has 2 aliphatic heterocycles. The van der Waals surface area contributed by atoms with Crippen LogP contribution in [0.1, 0.15) is 23.0 Å². The van der Waals surface area contributed by atoms with Gasteiger partial charge in [0.25, 0.3) is 5.91 Å². The molecule has 2 atom stereocenters. The normalized spacial score (nSPS) is 26.4. The number of anilines is 1. The first-order valence-electron chi connectivity index (χ1n) is 7.87. The topological polar surface area (TPSA) is 57.7 Å². The third-order valence-electron chi connectivity index (χ3n) is 4.68. The molecule has 1 aromatic heterocycles. The molecule has 2 aliphatic rings. The summed E-state index contributed by atoms with van der Waals surface area (Å²) in [6.07, 6.45) is 0. The average molecular weight is 324 g/mol. The molecule has 2 saturated heterocycles. The van der Waals surface area contributed by atoms with Crippen LogP contribution in [-0.2, 0) is 4.74 Å². The van der Waals surface area contributed by atoms with Crippen molar-refractivity contribution in [2.45, 2.75) is 19.9 Å². The monoisotopic (exact) mass is 324 g/mol. The standard InChI is InChI=1S/C15H24N4O2S/c1-10-8-19(9-12(10)18-4-6-21-7-5-18)15(20)13-11(2)17-22-14(13)16-3/h10,12,16H,4-9H2,1-3H3/t10-,12-/m0/s1. The van der Waals surface area contributed by atoms with E-state index in [0.29, 0.717) is 12.0 Å². The first-order chi connectivity index (χ1) is 10.6. The highest BCUT2D eigenvalue weighted by Gasteiger charge is 2.38. The molecular formula is C15H24N4O2S. The molecule has 1 aromatic rings. The van der Waals surface area contributed by atoms with Crippen LogP contribution in [0.2, 0.25) is 0 Å². The zero-order chi connectivity index (χ0) is 15.7. The number of ether oxygens (including phenoxy) is 1. The molecule has 0 aromatic carbocycles. The first kappa shape index (κ1) is 15.7. The lowest BCUT2D eigenvalue weighted by Crippen LogP contribution is -2.47. The maximum atomic E-state index is 12.9. The summed E-state index contributed by atoms with van der Waals surface area (Å²) < 4.78 is 9.75. The number of nitrogens with one attached hydrogen (secondary N) is 1. The van der Waals surface area contributed by atoms with Crippen molar-refractivity contribution in [1.82, 2.24) is 14.2 Å². The fourth-order valence-electron chi connectivity index (χ4n) is 3.45. The van der Waals surface area contributed by atoms with Crippen molar-refractivity contribution >= 4 is 22.4 Å². The van der Waals surface area contributed by atoms with E-state index in [0.717, 1.165) is 55.7 Å². The van der Waals surface area contributed by atoms with Gasteiger partial charge in [-0.05, 0) is 24.4 Å². The van der Waals surface area contributed by atoms with Gasteiger partial charge in [-0.25, -0.2) is 0 Å². The summed E-state index contributed by atoms with van der Waals surface area (Å²) >= 11 is 1.36. The fraction of sp³-hybridized carbons (Fsp3) is 0.733. The van der Waals surface area contributed by atoms with Gasteiger partial charge in [0, 0.05) is 39.3 Å². The van der Waals surface area contributed by atoms with Crippen molar-refractivity contribution < 1.29 is 9.53 Å². The van der Waals surface area contributed by atoms with E-state index in [-0.39, 0.29) is 5.91 Å². The van der Waals surface area contributed by atoms with Crippen molar-refractivity contribution in [1.29, 1.82) is 0 Å². The summed E-state index contributed by atoms with van der Waals surface area (Å²) in [7, 11) is 1.84. The molecule has 0 radical (unpaired) electrons. The van der Waals surface area contributed by atoms with Gasteiger partial charge in [-0.3, -0.25) is 9.69 Å². The van der Waals surface area contributed by atoms with Crippen LogP contribution in [0.5, 0.6) is 0 Å². The van der Waals surface area contributed by atoms with Gasteiger partial charge >= 0.3 is 0 Å². The molecule has 0 unspecified atom stereocenters. The fourth-order valence-corrected chi connectivity index (χ4v) is 4.19. The third-order valence-corrected chi connectivity index (χ3v) is 5.63. The second-order valence-corrected chi connectivity index (χ2v) is 6.90. The Balaban J connectivity index is 1.73. The van der Waals surface area contributed by atoms with E-state index < -0.39 is 0 Å². The number of likely N-dealkylation sites (tertiary alicyclic amines) is 1. The van der Waals surface area contributed by atoms with Gasteiger partial charge in [0.1, 0.15) is 5.00 Å². The van der Waals surface area contributed by atoms with Gasteiger partial charge in [-0.2, -0.15) is 4.37 Å². The van der Waals surface area contributed by atoms with Crippen LogP contribution in [0.3, 0.4) is 0 Å². The van der Waals surface area contributed by atoms with E-state index in [4.69, 9.17) is 4.74 Å². The second-order valence-electron chi connectivity index (χ2n) is 6.13. The zero-order valence-electron chi connectivity index (χ0n) is 13.5. The van der Waals surface area contributed by atoms with Crippen LogP contribution in [0.15, 0.2) is 0 Å². The molecule has 1 amide bonds. The summed E-state index contributed by atoms with van der Waals surface area (Å²) in [6, 6.07) is 0.442. The van der Waals surface area contributed by atoms with Gasteiger partial charge in [-0.1, -0.05) is 6.92 Å². The highest BCUT2D eigenvalue weighted by Crippen LogP contribution is 2.29. The molecule has 3 heterocycles. The SMILES string of the molecule is CNc1snc(C)c1C(=O)N1C[C@H](C)[C@@H](N2CCOCC2)C1. The maximum Gasteiger partial charge on any atom is 0.258 e. The van der Waals surface area contributed by atoms with Gasteiger partial charge in [0.05, 0.1) is 24.5 Å². The van der Waals surface area contributed by atoms with Crippen molar-refractivity contribution in [3.05, 3.63) is 11.3 Å². The third kappa shape index (κ3) is 2.85. The minimum Gasteiger partial charge on any atom is -0.379 e. The Bertz CT molecular complexity index is 542.